The van der Waals surface area contributed by atoms with Gasteiger partial charge in [0.05, 0.1) is 5.57 Å². The summed E-state index contributed by atoms with van der Waals surface area (Å²) < 4.78 is 0. The van der Waals surface area contributed by atoms with Gasteiger partial charge in [0, 0.05) is 22.0 Å². The van der Waals surface area contributed by atoms with E-state index in [2.05, 4.69) is 16.4 Å². The van der Waals surface area contributed by atoms with Crippen LogP contribution in [0.2, 0.25) is 10.0 Å². The molecule has 1 N–H and O–H groups in total. The number of rotatable bonds is 5. The number of carbonyl (C=O) groups is 1. The number of benzene rings is 2. The maximum atomic E-state index is 11.9. The Balaban J connectivity index is 2.08. The Morgan fingerprint density at radius 3 is 2.64 bits per heavy atom. The maximum absolute atomic E-state index is 11.9. The SMILES string of the molecule is CCC(=O)Nc1sc(C(C#N)=Cc2ccc(Cl)cc2Cl)nc1-c1ccccc1. The molecule has 3 rings (SSSR count). The lowest BCUT2D eigenvalue weighted by Gasteiger charge is -2.03. The molecule has 0 atom stereocenters. The minimum absolute atomic E-state index is 0.115. The van der Waals surface area contributed by atoms with E-state index in [-0.39, 0.29) is 5.91 Å². The van der Waals surface area contributed by atoms with Gasteiger partial charge in [-0.15, -0.1) is 0 Å². The lowest BCUT2D eigenvalue weighted by atomic mass is 10.1. The summed E-state index contributed by atoms with van der Waals surface area (Å²) in [4.78, 5) is 16.6. The second-order valence-corrected chi connectivity index (χ2v) is 7.64. The molecule has 1 amide bonds. The summed E-state index contributed by atoms with van der Waals surface area (Å²) in [6.45, 7) is 1.78. The molecule has 0 radical (unpaired) electrons. The molecule has 0 aliphatic carbocycles. The van der Waals surface area contributed by atoms with Gasteiger partial charge in [0.1, 0.15) is 21.8 Å². The molecule has 0 aliphatic heterocycles. The fraction of sp³-hybridized carbons (Fsp3) is 0.0952. The third kappa shape index (κ3) is 4.60. The highest BCUT2D eigenvalue weighted by molar-refractivity contribution is 7.17. The van der Waals surface area contributed by atoms with Crippen LogP contribution in [0.5, 0.6) is 0 Å². The summed E-state index contributed by atoms with van der Waals surface area (Å²) in [6.07, 6.45) is 2.01. The first-order valence-electron chi connectivity index (χ1n) is 8.45. The second kappa shape index (κ2) is 9.03. The first kappa shape index (κ1) is 20.1. The molecule has 3 aromatic rings. The normalized spacial score (nSPS) is 11.1. The van der Waals surface area contributed by atoms with E-state index in [4.69, 9.17) is 23.2 Å². The number of halogens is 2. The molecule has 7 heteroatoms. The second-order valence-electron chi connectivity index (χ2n) is 5.80. The first-order chi connectivity index (χ1) is 13.5. The van der Waals surface area contributed by atoms with Gasteiger partial charge in [-0.2, -0.15) is 5.26 Å². The van der Waals surface area contributed by atoms with Crippen molar-refractivity contribution in [3.63, 3.8) is 0 Å². The van der Waals surface area contributed by atoms with Gasteiger partial charge < -0.3 is 5.32 Å². The third-order valence-corrected chi connectivity index (χ3v) is 5.43. The minimum Gasteiger partial charge on any atom is -0.316 e. The van der Waals surface area contributed by atoms with Gasteiger partial charge in [0.2, 0.25) is 5.91 Å². The van der Waals surface area contributed by atoms with Crippen LogP contribution in [0.15, 0.2) is 48.5 Å². The number of carbonyl (C=O) groups excluding carboxylic acids is 1. The van der Waals surface area contributed by atoms with Gasteiger partial charge in [0.15, 0.2) is 0 Å². The Morgan fingerprint density at radius 2 is 2.00 bits per heavy atom. The maximum Gasteiger partial charge on any atom is 0.224 e. The van der Waals surface area contributed by atoms with Crippen LogP contribution in [0.3, 0.4) is 0 Å². The van der Waals surface area contributed by atoms with Crippen molar-refractivity contribution in [3.8, 4) is 17.3 Å². The summed E-state index contributed by atoms with van der Waals surface area (Å²) in [7, 11) is 0. The van der Waals surface area contributed by atoms with E-state index in [1.165, 1.54) is 11.3 Å². The van der Waals surface area contributed by atoms with E-state index < -0.39 is 0 Å². The summed E-state index contributed by atoms with van der Waals surface area (Å²) in [5.74, 6) is -0.115. The van der Waals surface area contributed by atoms with Gasteiger partial charge >= 0.3 is 0 Å². The zero-order valence-corrected chi connectivity index (χ0v) is 17.2. The minimum atomic E-state index is -0.115. The predicted molar refractivity (Wildman–Crippen MR) is 116 cm³/mol. The average Bonchev–Trinajstić information content (AvgIpc) is 3.11. The largest absolute Gasteiger partial charge is 0.316 e. The number of anilines is 1. The number of hydrogen-bond acceptors (Lipinski definition) is 4. The van der Waals surface area contributed by atoms with Crippen LogP contribution in [-0.2, 0) is 4.79 Å². The summed E-state index contributed by atoms with van der Waals surface area (Å²) in [5, 5.41) is 14.6. The molecule has 0 fully saturated rings. The van der Waals surface area contributed by atoms with Gasteiger partial charge in [-0.1, -0.05) is 77.9 Å². The predicted octanol–water partition coefficient (Wildman–Crippen LogP) is 6.53. The molecular weight excluding hydrogens is 413 g/mol. The van der Waals surface area contributed by atoms with Gasteiger partial charge in [0.25, 0.3) is 0 Å². The fourth-order valence-corrected chi connectivity index (χ4v) is 3.88. The molecule has 4 nitrogen and oxygen atoms in total. The number of amides is 1. The van der Waals surface area contributed by atoms with Crippen molar-refractivity contribution in [2.24, 2.45) is 0 Å². The molecule has 1 aromatic heterocycles. The summed E-state index contributed by atoms with van der Waals surface area (Å²) in [5.41, 5.74) is 2.51. The Hall–Kier alpha value is -2.65. The van der Waals surface area contributed by atoms with Crippen molar-refractivity contribution in [2.75, 3.05) is 5.32 Å². The Kier molecular flexibility index (Phi) is 6.48. The number of aromatic nitrogens is 1. The zero-order chi connectivity index (χ0) is 20.1. The van der Waals surface area contributed by atoms with Crippen LogP contribution in [0.25, 0.3) is 22.9 Å². The van der Waals surface area contributed by atoms with Gasteiger partial charge in [-0.25, -0.2) is 4.98 Å². The number of hydrogen-bond donors (Lipinski definition) is 1. The molecule has 0 saturated heterocycles. The number of nitrogens with one attached hydrogen (secondary N) is 1. The molecule has 140 valence electrons. The smallest absolute Gasteiger partial charge is 0.224 e. The summed E-state index contributed by atoms with van der Waals surface area (Å²) in [6, 6.07) is 16.8. The van der Waals surface area contributed by atoms with Crippen molar-refractivity contribution in [1.29, 1.82) is 5.26 Å². The highest BCUT2D eigenvalue weighted by atomic mass is 35.5. The molecule has 28 heavy (non-hydrogen) atoms. The van der Waals surface area contributed by atoms with E-state index >= 15 is 0 Å². The Morgan fingerprint density at radius 1 is 1.25 bits per heavy atom. The standard InChI is InChI=1S/C21H15Cl2N3OS/c1-2-18(27)25-21-19(13-6-4-3-5-7-13)26-20(28-21)15(12-24)10-14-8-9-16(22)11-17(14)23/h3-11H,2H2,1H3,(H,25,27). The highest BCUT2D eigenvalue weighted by Crippen LogP contribution is 2.37. The van der Waals surface area contributed by atoms with Crippen LogP contribution >= 0.6 is 34.5 Å². The Bertz CT molecular complexity index is 1080. The lowest BCUT2D eigenvalue weighted by Crippen LogP contribution is -2.08. The third-order valence-electron chi connectivity index (χ3n) is 3.86. The van der Waals surface area contributed by atoms with Gasteiger partial charge in [-0.3, -0.25) is 4.79 Å². The molecule has 0 unspecified atom stereocenters. The van der Waals surface area contributed by atoms with Crippen LogP contribution in [0, 0.1) is 11.3 Å². The first-order valence-corrected chi connectivity index (χ1v) is 10.0. The molecule has 1 heterocycles. The number of nitrogens with zero attached hydrogens (tertiary/aromatic N) is 2. The van der Waals surface area contributed by atoms with Crippen molar-refractivity contribution in [1.82, 2.24) is 4.98 Å². The Labute approximate surface area is 177 Å². The fourth-order valence-electron chi connectivity index (χ4n) is 2.44. The topological polar surface area (TPSA) is 65.8 Å². The number of thiazole rings is 1. The zero-order valence-electron chi connectivity index (χ0n) is 14.9. The van der Waals surface area contributed by atoms with Crippen molar-refractivity contribution >= 4 is 57.1 Å². The average molecular weight is 428 g/mol. The highest BCUT2D eigenvalue weighted by Gasteiger charge is 2.17. The van der Waals surface area contributed by atoms with Crippen LogP contribution in [0.1, 0.15) is 23.9 Å². The summed E-state index contributed by atoms with van der Waals surface area (Å²) >= 11 is 13.4. The van der Waals surface area contributed by atoms with E-state index in [0.717, 1.165) is 5.56 Å². The van der Waals surface area contributed by atoms with E-state index in [0.29, 0.717) is 43.3 Å². The number of nitriles is 1. The van der Waals surface area contributed by atoms with Crippen LogP contribution in [0.4, 0.5) is 5.00 Å². The monoisotopic (exact) mass is 427 g/mol. The lowest BCUT2D eigenvalue weighted by molar-refractivity contribution is -0.115. The molecule has 0 saturated carbocycles. The van der Waals surface area contributed by atoms with Crippen LogP contribution in [-0.4, -0.2) is 10.9 Å². The van der Waals surface area contributed by atoms with Crippen molar-refractivity contribution < 1.29 is 4.79 Å². The molecular formula is C21H15Cl2N3OS. The molecule has 0 bridgehead atoms. The van der Waals surface area contributed by atoms with Crippen LogP contribution < -0.4 is 5.32 Å². The molecule has 2 aromatic carbocycles. The quantitative estimate of drug-likeness (QED) is 0.470. The van der Waals surface area contributed by atoms with Gasteiger partial charge in [-0.05, 0) is 23.8 Å². The van der Waals surface area contributed by atoms with E-state index in [9.17, 15) is 10.1 Å². The van der Waals surface area contributed by atoms with E-state index in [1.807, 2.05) is 30.3 Å². The van der Waals surface area contributed by atoms with E-state index in [1.54, 1.807) is 31.2 Å². The van der Waals surface area contributed by atoms with Crippen molar-refractivity contribution in [3.05, 3.63) is 69.1 Å². The molecule has 0 aliphatic rings. The number of allylic oxidation sites excluding steroid dienone is 1. The molecule has 0 spiro atoms. The van der Waals surface area contributed by atoms with Crippen molar-refractivity contribution in [2.45, 2.75) is 13.3 Å².